The number of carbonyl (C=O) groups is 1. The number of nitrogens with one attached hydrogen (secondary N) is 2. The summed E-state index contributed by atoms with van der Waals surface area (Å²) in [5.74, 6) is -0.950. The molecule has 0 saturated carbocycles. The van der Waals surface area contributed by atoms with E-state index in [9.17, 15) is 22.0 Å². The molecule has 3 aromatic carbocycles. The van der Waals surface area contributed by atoms with Crippen LogP contribution in [0, 0.1) is 11.6 Å². The van der Waals surface area contributed by atoms with Crippen molar-refractivity contribution in [3.8, 4) is 5.75 Å². The molecule has 0 saturated heterocycles. The number of benzene rings is 3. The van der Waals surface area contributed by atoms with Crippen molar-refractivity contribution in [1.82, 2.24) is 0 Å². The molecule has 31 heavy (non-hydrogen) atoms. The molecule has 0 fully saturated rings. The normalized spacial score (nSPS) is 12.1. The lowest BCUT2D eigenvalue weighted by molar-refractivity contribution is -0.122. The van der Waals surface area contributed by atoms with Gasteiger partial charge in [0.05, 0.1) is 4.90 Å². The Labute approximate surface area is 178 Å². The van der Waals surface area contributed by atoms with Crippen molar-refractivity contribution < 1.29 is 26.7 Å². The Kier molecular flexibility index (Phi) is 6.86. The van der Waals surface area contributed by atoms with E-state index in [-0.39, 0.29) is 10.6 Å². The Morgan fingerprint density at radius 3 is 1.94 bits per heavy atom. The van der Waals surface area contributed by atoms with Crippen molar-refractivity contribution in [3.05, 3.63) is 84.4 Å². The topological polar surface area (TPSA) is 84.5 Å². The van der Waals surface area contributed by atoms with Gasteiger partial charge in [-0.3, -0.25) is 9.52 Å². The second kappa shape index (κ2) is 9.57. The summed E-state index contributed by atoms with van der Waals surface area (Å²) in [5, 5.41) is 2.66. The summed E-state index contributed by atoms with van der Waals surface area (Å²) < 4.78 is 58.9. The molecular formula is C22H20F2N2O4S. The van der Waals surface area contributed by atoms with Crippen molar-refractivity contribution in [2.75, 3.05) is 10.0 Å². The molecule has 6 nitrogen and oxygen atoms in total. The van der Waals surface area contributed by atoms with Crippen molar-refractivity contribution in [2.45, 2.75) is 24.3 Å². The van der Waals surface area contributed by atoms with Gasteiger partial charge in [-0.05, 0) is 79.2 Å². The van der Waals surface area contributed by atoms with Crippen LogP contribution in [0.5, 0.6) is 5.75 Å². The van der Waals surface area contributed by atoms with Crippen LogP contribution < -0.4 is 14.8 Å². The first-order valence-electron chi connectivity index (χ1n) is 9.38. The third kappa shape index (κ3) is 6.02. The van der Waals surface area contributed by atoms with E-state index in [1.54, 1.807) is 6.92 Å². The number of carbonyl (C=O) groups excluding carboxylic acids is 1. The first-order valence-corrected chi connectivity index (χ1v) is 10.9. The minimum Gasteiger partial charge on any atom is -0.481 e. The average molecular weight is 446 g/mol. The molecule has 1 atom stereocenters. The van der Waals surface area contributed by atoms with E-state index >= 15 is 0 Å². The number of amides is 1. The zero-order valence-electron chi connectivity index (χ0n) is 16.5. The maximum absolute atomic E-state index is 13.0. The van der Waals surface area contributed by atoms with Crippen LogP contribution in [0.25, 0.3) is 0 Å². The van der Waals surface area contributed by atoms with Crippen LogP contribution in [0.3, 0.4) is 0 Å². The third-order valence-corrected chi connectivity index (χ3v) is 5.68. The van der Waals surface area contributed by atoms with Gasteiger partial charge in [-0.2, -0.15) is 0 Å². The van der Waals surface area contributed by atoms with Gasteiger partial charge in [0.25, 0.3) is 15.9 Å². The molecule has 162 valence electrons. The smallest absolute Gasteiger partial charge is 0.265 e. The quantitative estimate of drug-likeness (QED) is 0.531. The maximum atomic E-state index is 13.0. The molecule has 3 aromatic rings. The van der Waals surface area contributed by atoms with E-state index in [1.807, 2.05) is 0 Å². The van der Waals surface area contributed by atoms with Crippen LogP contribution in [-0.2, 0) is 14.8 Å². The molecule has 9 heteroatoms. The molecule has 0 aliphatic heterocycles. The maximum Gasteiger partial charge on any atom is 0.265 e. The Bertz CT molecular complexity index is 1130. The molecular weight excluding hydrogens is 426 g/mol. The molecule has 0 radical (unpaired) electrons. The molecule has 0 aromatic heterocycles. The first-order chi connectivity index (χ1) is 14.8. The zero-order valence-corrected chi connectivity index (χ0v) is 17.3. The standard InChI is InChI=1S/C22H20F2N2O4S/c1-2-21(30-19-11-5-16(24)6-12-19)22(27)25-17-9-13-20(14-10-17)31(28,29)26-18-7-3-15(23)4-8-18/h3-14,21,26H,2H2,1H3,(H,25,27)/t21-/m0/s1. The summed E-state index contributed by atoms with van der Waals surface area (Å²) in [5.41, 5.74) is 0.606. The van der Waals surface area contributed by atoms with E-state index in [0.29, 0.717) is 17.9 Å². The van der Waals surface area contributed by atoms with Gasteiger partial charge in [0.2, 0.25) is 0 Å². The minimum absolute atomic E-state index is 0.0237. The summed E-state index contributed by atoms with van der Waals surface area (Å²) in [6.45, 7) is 1.77. The number of ether oxygens (including phenoxy) is 1. The van der Waals surface area contributed by atoms with Gasteiger partial charge in [-0.25, -0.2) is 17.2 Å². The number of rotatable bonds is 8. The summed E-state index contributed by atoms with van der Waals surface area (Å²) in [4.78, 5) is 12.5. The van der Waals surface area contributed by atoms with Crippen LogP contribution in [0.15, 0.2) is 77.7 Å². The minimum atomic E-state index is -3.88. The Hall–Kier alpha value is -3.46. The Morgan fingerprint density at radius 1 is 0.871 bits per heavy atom. The van der Waals surface area contributed by atoms with Crippen LogP contribution in [0.2, 0.25) is 0 Å². The van der Waals surface area contributed by atoms with Crippen LogP contribution in [0.4, 0.5) is 20.2 Å². The molecule has 0 bridgehead atoms. The number of hydrogen-bond acceptors (Lipinski definition) is 4. The van der Waals surface area contributed by atoms with E-state index < -0.39 is 33.7 Å². The Morgan fingerprint density at radius 2 is 1.39 bits per heavy atom. The lowest BCUT2D eigenvalue weighted by Gasteiger charge is -2.17. The van der Waals surface area contributed by atoms with E-state index in [1.165, 1.54) is 60.7 Å². The highest BCUT2D eigenvalue weighted by Crippen LogP contribution is 2.20. The Balaban J connectivity index is 1.65. The second-order valence-electron chi connectivity index (χ2n) is 6.59. The second-order valence-corrected chi connectivity index (χ2v) is 8.28. The number of sulfonamides is 1. The summed E-state index contributed by atoms with van der Waals surface area (Å²) in [6, 6.07) is 15.8. The van der Waals surface area contributed by atoms with Gasteiger partial charge in [-0.1, -0.05) is 6.92 Å². The van der Waals surface area contributed by atoms with Crippen LogP contribution in [0.1, 0.15) is 13.3 Å². The van der Waals surface area contributed by atoms with Gasteiger partial charge in [-0.15, -0.1) is 0 Å². The van der Waals surface area contributed by atoms with Crippen molar-refractivity contribution in [1.29, 1.82) is 0 Å². The van der Waals surface area contributed by atoms with Gasteiger partial charge >= 0.3 is 0 Å². The average Bonchev–Trinajstić information content (AvgIpc) is 2.75. The SMILES string of the molecule is CC[C@H](Oc1ccc(F)cc1)C(=O)Nc1ccc(S(=O)(=O)Nc2ccc(F)cc2)cc1. The zero-order chi connectivity index (χ0) is 22.4. The number of hydrogen-bond donors (Lipinski definition) is 2. The third-order valence-electron chi connectivity index (χ3n) is 4.28. The monoisotopic (exact) mass is 446 g/mol. The highest BCUT2D eigenvalue weighted by atomic mass is 32.2. The lowest BCUT2D eigenvalue weighted by Crippen LogP contribution is -2.32. The predicted molar refractivity (Wildman–Crippen MR) is 113 cm³/mol. The first kappa shape index (κ1) is 22.2. The molecule has 0 unspecified atom stereocenters. The van der Waals surface area contributed by atoms with Gasteiger partial charge in [0.1, 0.15) is 17.4 Å². The number of anilines is 2. The highest BCUT2D eigenvalue weighted by molar-refractivity contribution is 7.92. The fourth-order valence-corrected chi connectivity index (χ4v) is 3.73. The fraction of sp³-hybridized carbons (Fsp3) is 0.136. The predicted octanol–water partition coefficient (Wildman–Crippen LogP) is 4.56. The molecule has 3 rings (SSSR count). The molecule has 0 aliphatic carbocycles. The largest absolute Gasteiger partial charge is 0.481 e. The van der Waals surface area contributed by atoms with Gasteiger partial charge < -0.3 is 10.1 Å². The molecule has 2 N–H and O–H groups in total. The van der Waals surface area contributed by atoms with Crippen LogP contribution >= 0.6 is 0 Å². The highest BCUT2D eigenvalue weighted by Gasteiger charge is 2.19. The number of halogens is 2. The van der Waals surface area contributed by atoms with E-state index in [0.717, 1.165) is 12.1 Å². The van der Waals surface area contributed by atoms with Crippen molar-refractivity contribution in [2.24, 2.45) is 0 Å². The van der Waals surface area contributed by atoms with Gasteiger partial charge in [0.15, 0.2) is 6.10 Å². The molecule has 1 amide bonds. The fourth-order valence-electron chi connectivity index (χ4n) is 2.67. The molecule has 0 heterocycles. The molecule has 0 spiro atoms. The van der Waals surface area contributed by atoms with E-state index in [4.69, 9.17) is 4.74 Å². The van der Waals surface area contributed by atoms with Gasteiger partial charge in [0, 0.05) is 11.4 Å². The summed E-state index contributed by atoms with van der Waals surface area (Å²) in [6.07, 6.45) is -0.439. The van der Waals surface area contributed by atoms with Crippen LogP contribution in [-0.4, -0.2) is 20.4 Å². The lowest BCUT2D eigenvalue weighted by atomic mass is 10.2. The summed E-state index contributed by atoms with van der Waals surface area (Å²) >= 11 is 0. The van der Waals surface area contributed by atoms with Crippen molar-refractivity contribution in [3.63, 3.8) is 0 Å². The summed E-state index contributed by atoms with van der Waals surface area (Å²) in [7, 11) is -3.88. The van der Waals surface area contributed by atoms with Crippen molar-refractivity contribution >= 4 is 27.3 Å². The van der Waals surface area contributed by atoms with E-state index in [2.05, 4.69) is 10.0 Å². The molecule has 0 aliphatic rings.